The molecule has 0 heterocycles. The number of rotatable bonds is 7. The van der Waals surface area contributed by atoms with Crippen molar-refractivity contribution >= 4 is 34.9 Å². The molecule has 0 atom stereocenters. The third-order valence-electron chi connectivity index (χ3n) is 5.57. The molecule has 2 amide bonds. The quantitative estimate of drug-likeness (QED) is 0.451. The third-order valence-corrected chi connectivity index (χ3v) is 5.57. The number of carbonyl (C=O) groups excluding carboxylic acids is 4. The van der Waals surface area contributed by atoms with Crippen LogP contribution < -0.4 is 10.6 Å². The summed E-state index contributed by atoms with van der Waals surface area (Å²) in [5.74, 6) is -2.13. The van der Waals surface area contributed by atoms with E-state index in [0.29, 0.717) is 16.9 Å². The Hall–Kier alpha value is -4.60. The maximum atomic E-state index is 12.9. The minimum absolute atomic E-state index is 0.0219. The van der Waals surface area contributed by atoms with Crippen LogP contribution in [0.1, 0.15) is 43.6 Å². The first kappa shape index (κ1) is 28.0. The number of benzene rings is 2. The van der Waals surface area contributed by atoms with Crippen molar-refractivity contribution in [1.82, 2.24) is 0 Å². The molecule has 0 aromatic heterocycles. The summed E-state index contributed by atoms with van der Waals surface area (Å²) in [6, 6.07) is 10.7. The van der Waals surface area contributed by atoms with Crippen LogP contribution >= 0.6 is 0 Å². The lowest BCUT2D eigenvalue weighted by molar-refractivity contribution is -0.121. The molecule has 10 heteroatoms. The van der Waals surface area contributed by atoms with Gasteiger partial charge in [-0.05, 0) is 69.7 Å². The van der Waals surface area contributed by atoms with E-state index >= 15 is 0 Å². The van der Waals surface area contributed by atoms with E-state index in [1.165, 1.54) is 33.3 Å². The van der Waals surface area contributed by atoms with E-state index in [9.17, 15) is 24.3 Å². The van der Waals surface area contributed by atoms with E-state index in [1.807, 2.05) is 0 Å². The Bertz CT molecular complexity index is 1350. The summed E-state index contributed by atoms with van der Waals surface area (Å²) >= 11 is 0. The predicted molar refractivity (Wildman–Crippen MR) is 140 cm³/mol. The van der Waals surface area contributed by atoms with Gasteiger partial charge in [0.1, 0.15) is 11.4 Å². The fourth-order valence-corrected chi connectivity index (χ4v) is 3.74. The summed E-state index contributed by atoms with van der Waals surface area (Å²) in [5, 5.41) is 15.6. The van der Waals surface area contributed by atoms with Crippen LogP contribution in [-0.2, 0) is 30.2 Å². The Kier molecular flexibility index (Phi) is 8.25. The normalized spacial score (nSPS) is 13.8. The number of ether oxygens (including phenoxy) is 3. The standard InChI is InChI=1S/C28H30N2O8/c1-15-19(23(33)25(37-6)24(36-5)22(15)32)13-16-7-12-21(31)20(14-16)26(34)29-17-8-10-18(11-9-17)30-27(35)38-28(2,3)4/h7-12,14,31H,13H2,1-6H3,(H,29,34)(H,30,35). The molecule has 0 bridgehead atoms. The Morgan fingerprint density at radius 3 is 1.97 bits per heavy atom. The number of nitrogens with one attached hydrogen (secondary N) is 2. The molecule has 38 heavy (non-hydrogen) atoms. The van der Waals surface area contributed by atoms with Crippen LogP contribution in [0.15, 0.2) is 65.1 Å². The van der Waals surface area contributed by atoms with Crippen LogP contribution in [0.3, 0.4) is 0 Å². The number of hydrogen-bond donors (Lipinski definition) is 3. The molecule has 2 aromatic carbocycles. The zero-order valence-electron chi connectivity index (χ0n) is 22.1. The molecule has 0 spiro atoms. The largest absolute Gasteiger partial charge is 0.507 e. The molecule has 1 aliphatic rings. The lowest BCUT2D eigenvalue weighted by Gasteiger charge is -2.20. The van der Waals surface area contributed by atoms with Gasteiger partial charge in [-0.25, -0.2) is 4.79 Å². The highest BCUT2D eigenvalue weighted by atomic mass is 16.6. The Labute approximate surface area is 220 Å². The minimum Gasteiger partial charge on any atom is -0.507 e. The number of allylic oxidation sites excluding steroid dienone is 2. The molecular weight excluding hydrogens is 492 g/mol. The van der Waals surface area contributed by atoms with E-state index in [1.54, 1.807) is 51.1 Å². The van der Waals surface area contributed by atoms with Gasteiger partial charge in [0, 0.05) is 28.9 Å². The number of methoxy groups -OCH3 is 2. The summed E-state index contributed by atoms with van der Waals surface area (Å²) < 4.78 is 15.4. The minimum atomic E-state index is -0.640. The van der Waals surface area contributed by atoms with Gasteiger partial charge < -0.3 is 24.6 Å². The molecule has 2 aromatic rings. The number of amides is 2. The number of anilines is 2. The van der Waals surface area contributed by atoms with E-state index < -0.39 is 29.2 Å². The van der Waals surface area contributed by atoms with Crippen molar-refractivity contribution in [3.63, 3.8) is 0 Å². The highest BCUT2D eigenvalue weighted by Crippen LogP contribution is 2.29. The summed E-state index contributed by atoms with van der Waals surface area (Å²) in [5.41, 5.74) is 1.17. The van der Waals surface area contributed by atoms with Crippen LogP contribution in [0.4, 0.5) is 16.2 Å². The average Bonchev–Trinajstić information content (AvgIpc) is 2.84. The highest BCUT2D eigenvalue weighted by Gasteiger charge is 2.34. The molecule has 3 N–H and O–H groups in total. The molecule has 10 nitrogen and oxygen atoms in total. The van der Waals surface area contributed by atoms with Gasteiger partial charge in [0.15, 0.2) is 0 Å². The number of phenols is 1. The second kappa shape index (κ2) is 11.2. The summed E-state index contributed by atoms with van der Waals surface area (Å²) in [6.07, 6.45) is -0.572. The summed E-state index contributed by atoms with van der Waals surface area (Å²) in [7, 11) is 2.56. The van der Waals surface area contributed by atoms with Gasteiger partial charge in [-0.2, -0.15) is 0 Å². The molecule has 200 valence electrons. The van der Waals surface area contributed by atoms with Gasteiger partial charge in [0.2, 0.25) is 23.1 Å². The summed E-state index contributed by atoms with van der Waals surface area (Å²) in [6.45, 7) is 6.79. The molecule has 1 aliphatic carbocycles. The fraction of sp³-hybridized carbons (Fsp3) is 0.286. The van der Waals surface area contributed by atoms with Crippen LogP contribution in [-0.4, -0.2) is 48.5 Å². The molecular formula is C28H30N2O8. The third kappa shape index (κ3) is 6.39. The van der Waals surface area contributed by atoms with E-state index in [-0.39, 0.29) is 40.4 Å². The van der Waals surface area contributed by atoms with Crippen LogP contribution in [0.25, 0.3) is 0 Å². The van der Waals surface area contributed by atoms with Gasteiger partial charge in [0.05, 0.1) is 19.8 Å². The maximum absolute atomic E-state index is 12.9. The zero-order chi connectivity index (χ0) is 28.2. The topological polar surface area (TPSA) is 140 Å². The molecule has 0 radical (unpaired) electrons. The van der Waals surface area contributed by atoms with Crippen molar-refractivity contribution in [2.75, 3.05) is 24.9 Å². The lowest BCUT2D eigenvalue weighted by atomic mass is 9.88. The second-order valence-electron chi connectivity index (χ2n) is 9.51. The SMILES string of the molecule is COC1=C(OC)C(=O)C(Cc2ccc(O)c(C(=O)Nc3ccc(NC(=O)OC(C)(C)C)cc3)c2)=C(C)C1=O. The van der Waals surface area contributed by atoms with Gasteiger partial charge in [0.25, 0.3) is 5.91 Å². The summed E-state index contributed by atoms with van der Waals surface area (Å²) in [4.78, 5) is 50.4. The van der Waals surface area contributed by atoms with Crippen molar-refractivity contribution in [2.24, 2.45) is 0 Å². The van der Waals surface area contributed by atoms with Crippen LogP contribution in [0.5, 0.6) is 5.75 Å². The molecule has 0 saturated heterocycles. The molecule has 0 aliphatic heterocycles. The number of Topliss-reactive ketones (excluding diaryl/α,β-unsaturated/α-hetero) is 2. The van der Waals surface area contributed by atoms with Gasteiger partial charge >= 0.3 is 6.09 Å². The number of carbonyl (C=O) groups is 4. The number of ketones is 2. The number of hydrogen-bond acceptors (Lipinski definition) is 8. The van der Waals surface area contributed by atoms with Crippen LogP contribution in [0, 0.1) is 0 Å². The average molecular weight is 523 g/mol. The van der Waals surface area contributed by atoms with Gasteiger partial charge in [-0.15, -0.1) is 0 Å². The molecule has 3 rings (SSSR count). The fourth-order valence-electron chi connectivity index (χ4n) is 3.74. The highest BCUT2D eigenvalue weighted by molar-refractivity contribution is 6.23. The Morgan fingerprint density at radius 2 is 1.42 bits per heavy atom. The maximum Gasteiger partial charge on any atom is 0.412 e. The van der Waals surface area contributed by atoms with Crippen LogP contribution in [0.2, 0.25) is 0 Å². The van der Waals surface area contributed by atoms with Crippen molar-refractivity contribution in [3.8, 4) is 5.75 Å². The van der Waals surface area contributed by atoms with Crippen molar-refractivity contribution in [1.29, 1.82) is 0 Å². The Balaban J connectivity index is 1.75. The monoisotopic (exact) mass is 522 g/mol. The second-order valence-corrected chi connectivity index (χ2v) is 9.51. The van der Waals surface area contributed by atoms with Crippen molar-refractivity contribution in [3.05, 3.63) is 76.3 Å². The lowest BCUT2D eigenvalue weighted by Crippen LogP contribution is -2.27. The molecule has 0 saturated carbocycles. The van der Waals surface area contributed by atoms with Gasteiger partial charge in [-0.3, -0.25) is 19.7 Å². The molecule has 0 fully saturated rings. The van der Waals surface area contributed by atoms with Crippen molar-refractivity contribution < 1.29 is 38.5 Å². The first-order valence-corrected chi connectivity index (χ1v) is 11.7. The van der Waals surface area contributed by atoms with E-state index in [4.69, 9.17) is 14.2 Å². The number of aromatic hydroxyl groups is 1. The van der Waals surface area contributed by atoms with Crippen molar-refractivity contribution in [2.45, 2.75) is 39.7 Å². The number of phenolic OH excluding ortho intramolecular Hbond substituents is 1. The van der Waals surface area contributed by atoms with Gasteiger partial charge in [-0.1, -0.05) is 6.07 Å². The Morgan fingerprint density at radius 1 is 0.868 bits per heavy atom. The smallest absolute Gasteiger partial charge is 0.412 e. The first-order valence-electron chi connectivity index (χ1n) is 11.7. The van der Waals surface area contributed by atoms with E-state index in [2.05, 4.69) is 10.6 Å². The zero-order valence-corrected chi connectivity index (χ0v) is 22.1. The molecule has 0 unspecified atom stereocenters. The van der Waals surface area contributed by atoms with E-state index in [0.717, 1.165) is 0 Å². The predicted octanol–water partition coefficient (Wildman–Crippen LogP) is 4.51. The first-order chi connectivity index (χ1) is 17.8.